The summed E-state index contributed by atoms with van der Waals surface area (Å²) in [4.78, 5) is 10.9. The Hall–Kier alpha value is -0.570. The molecule has 0 heterocycles. The van der Waals surface area contributed by atoms with E-state index in [4.69, 9.17) is 4.74 Å². The van der Waals surface area contributed by atoms with E-state index in [-0.39, 0.29) is 23.9 Å². The smallest absolute Gasteiger partial charge is 0.302 e. The first-order valence-corrected chi connectivity index (χ1v) is 5.54. The third-order valence-electron chi connectivity index (χ3n) is 2.85. The minimum absolute atomic E-state index is 0.101. The van der Waals surface area contributed by atoms with Crippen molar-refractivity contribution >= 4 is 5.97 Å². The summed E-state index contributed by atoms with van der Waals surface area (Å²) in [6.07, 6.45) is 0.588. The van der Waals surface area contributed by atoms with Crippen LogP contribution in [-0.4, -0.2) is 22.8 Å². The van der Waals surface area contributed by atoms with Gasteiger partial charge in [0.2, 0.25) is 0 Å². The highest BCUT2D eigenvalue weighted by Crippen LogP contribution is 2.25. The van der Waals surface area contributed by atoms with Gasteiger partial charge in [0.15, 0.2) is 0 Å². The lowest BCUT2D eigenvalue weighted by Crippen LogP contribution is -2.34. The van der Waals surface area contributed by atoms with Crippen molar-refractivity contribution in [1.82, 2.24) is 0 Å². The van der Waals surface area contributed by atoms with Gasteiger partial charge in [0.1, 0.15) is 6.10 Å². The molecule has 1 N–H and O–H groups in total. The summed E-state index contributed by atoms with van der Waals surface area (Å²) in [5, 5.41) is 9.81. The molecule has 15 heavy (non-hydrogen) atoms. The molecule has 0 fully saturated rings. The molecule has 0 amide bonds. The van der Waals surface area contributed by atoms with Gasteiger partial charge >= 0.3 is 5.97 Å². The van der Waals surface area contributed by atoms with Crippen LogP contribution in [0.4, 0.5) is 0 Å². The first-order valence-electron chi connectivity index (χ1n) is 5.54. The van der Waals surface area contributed by atoms with Gasteiger partial charge < -0.3 is 9.84 Å². The fourth-order valence-electron chi connectivity index (χ4n) is 1.31. The Balaban J connectivity index is 4.35. The van der Waals surface area contributed by atoms with Gasteiger partial charge in [-0.05, 0) is 32.1 Å². The molecule has 2 atom stereocenters. The summed E-state index contributed by atoms with van der Waals surface area (Å²) in [7, 11) is 0. The number of aliphatic hydroxyl groups is 1. The Kier molecular flexibility index (Phi) is 5.29. The molecule has 3 nitrogen and oxygen atoms in total. The number of hydrogen-bond acceptors (Lipinski definition) is 3. The van der Waals surface area contributed by atoms with Crippen LogP contribution < -0.4 is 0 Å². The van der Waals surface area contributed by atoms with E-state index >= 15 is 0 Å². The standard InChI is InChI=1S/C12H24O3/c1-8(2)11(15-10(4)13)7-9(3)12(5,6)14/h8-9,11,14H,7H2,1-6H3/t9-,11-/m0/s1. The topological polar surface area (TPSA) is 46.5 Å². The molecule has 0 unspecified atom stereocenters. The van der Waals surface area contributed by atoms with Crippen LogP contribution in [0, 0.1) is 11.8 Å². The van der Waals surface area contributed by atoms with Crippen LogP contribution in [0.1, 0.15) is 48.0 Å². The molecule has 0 aliphatic carbocycles. The number of ether oxygens (including phenoxy) is 1. The van der Waals surface area contributed by atoms with Crippen molar-refractivity contribution in [3.8, 4) is 0 Å². The number of hydrogen-bond donors (Lipinski definition) is 1. The minimum atomic E-state index is -0.729. The number of carbonyl (C=O) groups is 1. The van der Waals surface area contributed by atoms with E-state index in [2.05, 4.69) is 0 Å². The molecule has 0 spiro atoms. The SMILES string of the molecule is CC(=O)O[C@@H](C[C@H](C)C(C)(C)O)C(C)C. The molecule has 0 aromatic rings. The Morgan fingerprint density at radius 2 is 1.80 bits per heavy atom. The number of rotatable bonds is 5. The van der Waals surface area contributed by atoms with E-state index in [0.717, 1.165) is 0 Å². The third-order valence-corrected chi connectivity index (χ3v) is 2.85. The van der Waals surface area contributed by atoms with Crippen molar-refractivity contribution in [1.29, 1.82) is 0 Å². The molecule has 0 aromatic heterocycles. The summed E-state index contributed by atoms with van der Waals surface area (Å²) in [5.41, 5.74) is -0.729. The summed E-state index contributed by atoms with van der Waals surface area (Å²) in [6, 6.07) is 0. The molecule has 0 radical (unpaired) electrons. The summed E-state index contributed by atoms with van der Waals surface area (Å²) in [5.74, 6) is 0.125. The van der Waals surface area contributed by atoms with Crippen LogP contribution in [0.2, 0.25) is 0 Å². The van der Waals surface area contributed by atoms with Gasteiger partial charge in [-0.2, -0.15) is 0 Å². The lowest BCUT2D eigenvalue weighted by atomic mass is 9.85. The highest BCUT2D eigenvalue weighted by atomic mass is 16.5. The zero-order valence-electron chi connectivity index (χ0n) is 10.7. The van der Waals surface area contributed by atoms with E-state index < -0.39 is 5.60 Å². The second kappa shape index (κ2) is 5.50. The van der Waals surface area contributed by atoms with E-state index in [0.29, 0.717) is 6.42 Å². The molecule has 0 rings (SSSR count). The second-order valence-electron chi connectivity index (χ2n) is 5.18. The highest BCUT2D eigenvalue weighted by Gasteiger charge is 2.28. The van der Waals surface area contributed by atoms with Gasteiger partial charge in [0.25, 0.3) is 0 Å². The molecular formula is C12H24O3. The van der Waals surface area contributed by atoms with Crippen molar-refractivity contribution in [3.05, 3.63) is 0 Å². The molecule has 0 aromatic carbocycles. The fraction of sp³-hybridized carbons (Fsp3) is 0.917. The normalized spacial score (nSPS) is 16.3. The number of carbonyl (C=O) groups excluding carboxylic acids is 1. The molecule has 0 saturated carbocycles. The largest absolute Gasteiger partial charge is 0.462 e. The monoisotopic (exact) mass is 216 g/mol. The first kappa shape index (κ1) is 14.4. The molecular weight excluding hydrogens is 192 g/mol. The molecule has 0 aliphatic rings. The van der Waals surface area contributed by atoms with Crippen LogP contribution in [0.15, 0.2) is 0 Å². The van der Waals surface area contributed by atoms with Gasteiger partial charge in [-0.15, -0.1) is 0 Å². The van der Waals surface area contributed by atoms with E-state index in [9.17, 15) is 9.90 Å². The first-order chi connectivity index (χ1) is 6.64. The maximum atomic E-state index is 10.9. The van der Waals surface area contributed by atoms with E-state index in [1.165, 1.54) is 6.92 Å². The fourth-order valence-corrected chi connectivity index (χ4v) is 1.31. The molecule has 0 aliphatic heterocycles. The van der Waals surface area contributed by atoms with Crippen LogP contribution in [0.5, 0.6) is 0 Å². The van der Waals surface area contributed by atoms with Crippen molar-refractivity contribution in [2.45, 2.75) is 59.7 Å². The molecule has 0 bridgehead atoms. The van der Waals surface area contributed by atoms with E-state index in [1.807, 2.05) is 20.8 Å². The molecule has 0 saturated heterocycles. The third kappa shape index (κ3) is 5.78. The Morgan fingerprint density at radius 3 is 2.07 bits per heavy atom. The quantitative estimate of drug-likeness (QED) is 0.718. The maximum Gasteiger partial charge on any atom is 0.302 e. The lowest BCUT2D eigenvalue weighted by Gasteiger charge is -2.30. The lowest BCUT2D eigenvalue weighted by molar-refractivity contribution is -0.150. The zero-order chi connectivity index (χ0) is 12.2. The summed E-state index contributed by atoms with van der Waals surface area (Å²) < 4.78 is 5.23. The van der Waals surface area contributed by atoms with Crippen molar-refractivity contribution in [3.63, 3.8) is 0 Å². The zero-order valence-corrected chi connectivity index (χ0v) is 10.7. The average Bonchev–Trinajstić information content (AvgIpc) is 1.99. The van der Waals surface area contributed by atoms with Crippen molar-refractivity contribution in [2.24, 2.45) is 11.8 Å². The number of esters is 1. The van der Waals surface area contributed by atoms with Gasteiger partial charge in [0.05, 0.1) is 5.60 Å². The van der Waals surface area contributed by atoms with Gasteiger partial charge in [-0.1, -0.05) is 20.8 Å². The minimum Gasteiger partial charge on any atom is -0.462 e. The predicted molar refractivity (Wildman–Crippen MR) is 60.5 cm³/mol. The maximum absolute atomic E-state index is 10.9. The van der Waals surface area contributed by atoms with Crippen LogP contribution in [-0.2, 0) is 9.53 Å². The van der Waals surface area contributed by atoms with Crippen LogP contribution in [0.3, 0.4) is 0 Å². The average molecular weight is 216 g/mol. The second-order valence-corrected chi connectivity index (χ2v) is 5.18. The summed E-state index contributed by atoms with van der Waals surface area (Å²) in [6.45, 7) is 11.0. The van der Waals surface area contributed by atoms with Gasteiger partial charge in [0, 0.05) is 6.92 Å². The Labute approximate surface area is 92.8 Å². The van der Waals surface area contributed by atoms with Crippen LogP contribution >= 0.6 is 0 Å². The Bertz CT molecular complexity index is 203. The van der Waals surface area contributed by atoms with Crippen molar-refractivity contribution in [2.75, 3.05) is 0 Å². The highest BCUT2D eigenvalue weighted by molar-refractivity contribution is 5.66. The van der Waals surface area contributed by atoms with Crippen molar-refractivity contribution < 1.29 is 14.6 Å². The van der Waals surface area contributed by atoms with Crippen LogP contribution in [0.25, 0.3) is 0 Å². The molecule has 90 valence electrons. The van der Waals surface area contributed by atoms with Gasteiger partial charge in [-0.25, -0.2) is 0 Å². The van der Waals surface area contributed by atoms with E-state index in [1.54, 1.807) is 13.8 Å². The Morgan fingerprint density at radius 1 is 1.33 bits per heavy atom. The molecule has 3 heteroatoms. The van der Waals surface area contributed by atoms with Gasteiger partial charge in [-0.3, -0.25) is 4.79 Å². The predicted octanol–water partition coefficient (Wildman–Crippen LogP) is 2.37. The summed E-state index contributed by atoms with van der Waals surface area (Å²) >= 11 is 0.